The summed E-state index contributed by atoms with van der Waals surface area (Å²) in [5.74, 6) is 2.75. The van der Waals surface area contributed by atoms with Crippen molar-refractivity contribution in [2.45, 2.75) is 20.8 Å². The first-order valence-electron chi connectivity index (χ1n) is 9.73. The predicted molar refractivity (Wildman–Crippen MR) is 117 cm³/mol. The van der Waals surface area contributed by atoms with Crippen molar-refractivity contribution in [1.82, 2.24) is 0 Å². The Hall–Kier alpha value is -2.38. The summed E-state index contributed by atoms with van der Waals surface area (Å²) in [6.07, 6.45) is 0. The van der Waals surface area contributed by atoms with Crippen molar-refractivity contribution in [3.8, 4) is 17.2 Å². The van der Waals surface area contributed by atoms with Crippen LogP contribution in [0.2, 0.25) is 0 Å². The third-order valence-corrected chi connectivity index (χ3v) is 9.16. The topological polar surface area (TPSA) is 27.7 Å². The minimum absolute atomic E-state index is 0.663. The molecule has 146 valence electrons. The number of hydrogen-bond acceptors (Lipinski definition) is 3. The molecule has 4 heteroatoms. The second-order valence-corrected chi connectivity index (χ2v) is 10.8. The van der Waals surface area contributed by atoms with Gasteiger partial charge in [0.05, 0.1) is 0 Å². The standard InChI is InChI=1S/C24H27AsO3/c1-4-26-22-13-7-10-19(16-22)25(20-11-8-14-23(17-20)27-5-2)21-12-9-15-24(18-21)28-6-3/h7-18H,4-6H2,1-3H3. The van der Waals surface area contributed by atoms with Crippen molar-refractivity contribution in [3.63, 3.8) is 0 Å². The third-order valence-electron chi connectivity index (χ3n) is 4.16. The van der Waals surface area contributed by atoms with Crippen molar-refractivity contribution >= 4 is 27.7 Å². The zero-order valence-electron chi connectivity index (χ0n) is 16.7. The summed E-state index contributed by atoms with van der Waals surface area (Å²) >= 11 is -1.80. The van der Waals surface area contributed by atoms with Crippen molar-refractivity contribution in [3.05, 3.63) is 72.8 Å². The fourth-order valence-corrected chi connectivity index (χ4v) is 8.05. The van der Waals surface area contributed by atoms with E-state index in [1.54, 1.807) is 0 Å². The van der Waals surface area contributed by atoms with Gasteiger partial charge in [-0.05, 0) is 0 Å². The molecule has 3 nitrogen and oxygen atoms in total. The van der Waals surface area contributed by atoms with E-state index < -0.39 is 14.7 Å². The van der Waals surface area contributed by atoms with Crippen LogP contribution in [0, 0.1) is 0 Å². The van der Waals surface area contributed by atoms with Crippen molar-refractivity contribution in [1.29, 1.82) is 0 Å². The molecular formula is C24H27AsO3. The molecule has 28 heavy (non-hydrogen) atoms. The van der Waals surface area contributed by atoms with Crippen LogP contribution in [0.5, 0.6) is 17.2 Å². The Morgan fingerprint density at radius 3 is 1.14 bits per heavy atom. The molecule has 3 rings (SSSR count). The number of rotatable bonds is 9. The van der Waals surface area contributed by atoms with Crippen molar-refractivity contribution in [2.75, 3.05) is 19.8 Å². The Bertz CT molecular complexity index is 777. The van der Waals surface area contributed by atoms with E-state index in [4.69, 9.17) is 14.2 Å². The van der Waals surface area contributed by atoms with Gasteiger partial charge in [0.25, 0.3) is 0 Å². The normalized spacial score (nSPS) is 10.7. The van der Waals surface area contributed by atoms with E-state index in [0.717, 1.165) is 17.2 Å². The van der Waals surface area contributed by atoms with E-state index in [1.807, 2.05) is 39.0 Å². The van der Waals surface area contributed by atoms with Gasteiger partial charge in [0.1, 0.15) is 0 Å². The molecule has 0 aliphatic carbocycles. The second kappa shape index (κ2) is 10.2. The number of hydrogen-bond donors (Lipinski definition) is 0. The summed E-state index contributed by atoms with van der Waals surface area (Å²) in [6, 6.07) is 25.5. The average Bonchev–Trinajstić information content (AvgIpc) is 2.70. The number of ether oxygens (including phenoxy) is 3. The molecule has 0 bridgehead atoms. The molecule has 0 N–H and O–H groups in total. The maximum absolute atomic E-state index is 5.77. The van der Waals surface area contributed by atoms with E-state index in [1.165, 1.54) is 13.1 Å². The summed E-state index contributed by atoms with van der Waals surface area (Å²) < 4.78 is 21.3. The van der Waals surface area contributed by atoms with Crippen LogP contribution in [-0.2, 0) is 0 Å². The van der Waals surface area contributed by atoms with Gasteiger partial charge in [0, 0.05) is 0 Å². The quantitative estimate of drug-likeness (QED) is 0.480. The van der Waals surface area contributed by atoms with Crippen LogP contribution < -0.4 is 27.3 Å². The van der Waals surface area contributed by atoms with E-state index in [2.05, 4.69) is 54.6 Å². The zero-order valence-corrected chi connectivity index (χ0v) is 18.6. The Morgan fingerprint density at radius 2 is 0.857 bits per heavy atom. The molecule has 0 atom stereocenters. The van der Waals surface area contributed by atoms with Gasteiger partial charge in [-0.15, -0.1) is 0 Å². The van der Waals surface area contributed by atoms with E-state index in [0.29, 0.717) is 19.8 Å². The van der Waals surface area contributed by atoms with Gasteiger partial charge in [0.2, 0.25) is 0 Å². The van der Waals surface area contributed by atoms with E-state index in [-0.39, 0.29) is 0 Å². The summed E-state index contributed by atoms with van der Waals surface area (Å²) in [6.45, 7) is 8.03. The van der Waals surface area contributed by atoms with Gasteiger partial charge in [-0.3, -0.25) is 0 Å². The van der Waals surface area contributed by atoms with Gasteiger partial charge >= 0.3 is 173 Å². The molecule has 3 aromatic carbocycles. The average molecular weight is 438 g/mol. The van der Waals surface area contributed by atoms with Gasteiger partial charge in [-0.2, -0.15) is 0 Å². The van der Waals surface area contributed by atoms with Crippen LogP contribution in [0.25, 0.3) is 0 Å². The molecular weight excluding hydrogens is 411 g/mol. The summed E-state index contributed by atoms with van der Waals surface area (Å²) in [7, 11) is 0. The van der Waals surface area contributed by atoms with Gasteiger partial charge in [-0.1, -0.05) is 0 Å². The first kappa shape index (κ1) is 20.4. The first-order valence-corrected chi connectivity index (χ1v) is 12.5. The number of benzene rings is 3. The molecule has 3 aromatic rings. The minimum atomic E-state index is -1.80. The molecule has 0 radical (unpaired) electrons. The molecule has 0 aliphatic heterocycles. The summed E-state index contributed by atoms with van der Waals surface area (Å²) in [5, 5.41) is 0. The van der Waals surface area contributed by atoms with Crippen LogP contribution in [0.1, 0.15) is 20.8 Å². The summed E-state index contributed by atoms with van der Waals surface area (Å²) in [5.41, 5.74) is 0. The third kappa shape index (κ3) is 5.11. The predicted octanol–water partition coefficient (Wildman–Crippen LogP) is 3.40. The SMILES string of the molecule is CCOc1cccc([As](c2cccc(OCC)c2)c2cccc(OCC)c2)c1. The Kier molecular flexibility index (Phi) is 7.45. The second-order valence-electron chi connectivity index (χ2n) is 6.13. The monoisotopic (exact) mass is 438 g/mol. The molecule has 0 saturated carbocycles. The molecule has 0 spiro atoms. The van der Waals surface area contributed by atoms with E-state index in [9.17, 15) is 0 Å². The van der Waals surface area contributed by atoms with Crippen LogP contribution in [0.4, 0.5) is 0 Å². The fraction of sp³-hybridized carbons (Fsp3) is 0.250. The summed E-state index contributed by atoms with van der Waals surface area (Å²) in [4.78, 5) is 0. The molecule has 0 heterocycles. The van der Waals surface area contributed by atoms with Crippen molar-refractivity contribution < 1.29 is 14.2 Å². The van der Waals surface area contributed by atoms with Crippen LogP contribution in [-0.4, -0.2) is 34.5 Å². The van der Waals surface area contributed by atoms with Crippen LogP contribution >= 0.6 is 0 Å². The van der Waals surface area contributed by atoms with Gasteiger partial charge < -0.3 is 0 Å². The molecule has 0 amide bonds. The molecule has 0 aromatic heterocycles. The van der Waals surface area contributed by atoms with Crippen molar-refractivity contribution in [2.24, 2.45) is 0 Å². The zero-order chi connectivity index (χ0) is 19.8. The van der Waals surface area contributed by atoms with Crippen LogP contribution in [0.3, 0.4) is 0 Å². The van der Waals surface area contributed by atoms with Gasteiger partial charge in [-0.25, -0.2) is 0 Å². The molecule has 0 fully saturated rings. The molecule has 0 saturated heterocycles. The van der Waals surface area contributed by atoms with E-state index >= 15 is 0 Å². The van der Waals surface area contributed by atoms with Gasteiger partial charge in [0.15, 0.2) is 0 Å². The van der Waals surface area contributed by atoms with Crippen LogP contribution in [0.15, 0.2) is 72.8 Å². The molecule has 0 unspecified atom stereocenters. The Labute approximate surface area is 172 Å². The molecule has 0 aliphatic rings. The maximum atomic E-state index is 5.77. The Morgan fingerprint density at radius 1 is 0.536 bits per heavy atom. The first-order chi connectivity index (χ1) is 13.7. The fourth-order valence-electron chi connectivity index (χ4n) is 3.08. The Balaban J connectivity index is 2.10.